The summed E-state index contributed by atoms with van der Waals surface area (Å²) in [6, 6.07) is 15.6. The first-order chi connectivity index (χ1) is 15.5. The summed E-state index contributed by atoms with van der Waals surface area (Å²) < 4.78 is 17.1. The number of phenolic OH excluding ortho intramolecular Hbond substituents is 2. The van der Waals surface area contributed by atoms with Gasteiger partial charge in [-0.05, 0) is 42.5 Å². The van der Waals surface area contributed by atoms with Gasteiger partial charge in [0.15, 0.2) is 23.0 Å². The lowest BCUT2D eigenvalue weighted by atomic mass is 9.95. The number of ether oxygens (including phenoxy) is 3. The Kier molecular flexibility index (Phi) is 4.98. The van der Waals surface area contributed by atoms with Gasteiger partial charge in [0.05, 0.1) is 26.0 Å². The van der Waals surface area contributed by atoms with Crippen molar-refractivity contribution in [1.29, 1.82) is 0 Å². The Morgan fingerprint density at radius 2 is 1.81 bits per heavy atom. The minimum Gasteiger partial charge on any atom is -0.507 e. The van der Waals surface area contributed by atoms with Gasteiger partial charge >= 0.3 is 0 Å². The highest BCUT2D eigenvalue weighted by atomic mass is 35.5. The molecule has 0 bridgehead atoms. The molecule has 0 unspecified atom stereocenters. The van der Waals surface area contributed by atoms with E-state index in [1.54, 1.807) is 37.4 Å². The molecule has 0 aliphatic carbocycles. The van der Waals surface area contributed by atoms with Crippen molar-refractivity contribution in [2.75, 3.05) is 14.2 Å². The van der Waals surface area contributed by atoms with Crippen LogP contribution in [0.15, 0.2) is 59.7 Å². The van der Waals surface area contributed by atoms with Gasteiger partial charge in [0.25, 0.3) is 0 Å². The number of hydrogen-bond acceptors (Lipinski definition) is 7. The van der Waals surface area contributed by atoms with E-state index < -0.39 is 6.23 Å². The average Bonchev–Trinajstić information content (AvgIpc) is 3.25. The Hall–Kier alpha value is -3.58. The van der Waals surface area contributed by atoms with Crippen LogP contribution in [0.2, 0.25) is 5.02 Å². The Morgan fingerprint density at radius 1 is 1.00 bits per heavy atom. The number of halogens is 1. The fraction of sp³-hybridized carbons (Fsp3) is 0.208. The van der Waals surface area contributed by atoms with Crippen LogP contribution in [-0.4, -0.2) is 35.2 Å². The average molecular weight is 453 g/mol. The van der Waals surface area contributed by atoms with Gasteiger partial charge in [-0.25, -0.2) is 5.01 Å². The minimum absolute atomic E-state index is 0.00635. The second-order valence-electron chi connectivity index (χ2n) is 7.59. The molecule has 7 nitrogen and oxygen atoms in total. The van der Waals surface area contributed by atoms with E-state index >= 15 is 0 Å². The summed E-state index contributed by atoms with van der Waals surface area (Å²) >= 11 is 6.18. The molecule has 0 aromatic heterocycles. The van der Waals surface area contributed by atoms with E-state index in [1.165, 1.54) is 7.11 Å². The van der Waals surface area contributed by atoms with Crippen molar-refractivity contribution in [3.63, 3.8) is 0 Å². The Morgan fingerprint density at radius 3 is 2.56 bits per heavy atom. The zero-order valence-electron chi connectivity index (χ0n) is 17.4. The first-order valence-electron chi connectivity index (χ1n) is 10.1. The smallest absolute Gasteiger partial charge is 0.214 e. The molecule has 2 atom stereocenters. The van der Waals surface area contributed by atoms with Crippen LogP contribution in [0.4, 0.5) is 0 Å². The van der Waals surface area contributed by atoms with Gasteiger partial charge in [-0.15, -0.1) is 0 Å². The first kappa shape index (κ1) is 20.3. The normalized spacial score (nSPS) is 19.0. The number of methoxy groups -OCH3 is 2. The fourth-order valence-electron chi connectivity index (χ4n) is 4.23. The number of phenols is 2. The quantitative estimate of drug-likeness (QED) is 0.579. The third-order valence-electron chi connectivity index (χ3n) is 5.76. The lowest BCUT2D eigenvalue weighted by Gasteiger charge is -2.38. The van der Waals surface area contributed by atoms with Crippen LogP contribution < -0.4 is 14.2 Å². The molecule has 32 heavy (non-hydrogen) atoms. The van der Waals surface area contributed by atoms with Gasteiger partial charge in [0, 0.05) is 28.1 Å². The summed E-state index contributed by atoms with van der Waals surface area (Å²) in [6.45, 7) is 0. The number of rotatable bonds is 4. The van der Waals surface area contributed by atoms with Crippen molar-refractivity contribution in [2.24, 2.45) is 5.10 Å². The fourth-order valence-corrected chi connectivity index (χ4v) is 4.40. The molecular weight excluding hydrogens is 432 g/mol. The Bertz CT molecular complexity index is 1230. The molecule has 2 N–H and O–H groups in total. The molecule has 3 aromatic rings. The maximum absolute atomic E-state index is 10.4. The van der Waals surface area contributed by atoms with Gasteiger partial charge in [0.2, 0.25) is 6.23 Å². The number of hydrazone groups is 1. The number of benzene rings is 3. The summed E-state index contributed by atoms with van der Waals surface area (Å²) in [5, 5.41) is 28.0. The van der Waals surface area contributed by atoms with Gasteiger partial charge in [0.1, 0.15) is 5.75 Å². The highest BCUT2D eigenvalue weighted by molar-refractivity contribution is 6.31. The molecule has 164 valence electrons. The molecule has 2 aliphatic heterocycles. The van der Waals surface area contributed by atoms with Gasteiger partial charge in [-0.2, -0.15) is 5.10 Å². The molecule has 0 spiro atoms. The second-order valence-corrected chi connectivity index (χ2v) is 8.02. The highest BCUT2D eigenvalue weighted by Crippen LogP contribution is 2.51. The number of para-hydroxylation sites is 1. The van der Waals surface area contributed by atoms with E-state index in [1.807, 2.05) is 29.3 Å². The van der Waals surface area contributed by atoms with E-state index in [2.05, 4.69) is 0 Å². The predicted molar refractivity (Wildman–Crippen MR) is 120 cm³/mol. The molecule has 0 saturated heterocycles. The topological polar surface area (TPSA) is 83.8 Å². The molecule has 2 aliphatic rings. The van der Waals surface area contributed by atoms with Crippen molar-refractivity contribution in [3.8, 4) is 28.7 Å². The van der Waals surface area contributed by atoms with Crippen molar-refractivity contribution in [3.05, 3.63) is 76.3 Å². The Labute approximate surface area is 190 Å². The van der Waals surface area contributed by atoms with E-state index in [9.17, 15) is 10.2 Å². The molecule has 2 heterocycles. The maximum atomic E-state index is 10.4. The van der Waals surface area contributed by atoms with Crippen LogP contribution >= 0.6 is 11.6 Å². The van der Waals surface area contributed by atoms with Crippen LogP contribution in [0.3, 0.4) is 0 Å². The van der Waals surface area contributed by atoms with Gasteiger partial charge in [-0.3, -0.25) is 0 Å². The zero-order valence-corrected chi connectivity index (χ0v) is 18.2. The van der Waals surface area contributed by atoms with Crippen molar-refractivity contribution < 1.29 is 24.4 Å². The Balaban J connectivity index is 1.64. The summed E-state index contributed by atoms with van der Waals surface area (Å²) in [5.41, 5.74) is 2.90. The zero-order chi connectivity index (χ0) is 22.4. The molecule has 3 aromatic carbocycles. The molecule has 0 fully saturated rings. The molecule has 0 radical (unpaired) electrons. The molecule has 5 rings (SSSR count). The van der Waals surface area contributed by atoms with Crippen molar-refractivity contribution >= 4 is 17.3 Å². The minimum atomic E-state index is -0.626. The molecular formula is C24H21ClN2O5. The molecule has 0 saturated carbocycles. The number of fused-ring (bicyclic) bond motifs is 3. The van der Waals surface area contributed by atoms with Crippen molar-refractivity contribution in [2.45, 2.75) is 18.7 Å². The van der Waals surface area contributed by atoms with Crippen LogP contribution in [0.25, 0.3) is 0 Å². The lowest BCUT2D eigenvalue weighted by Crippen LogP contribution is -2.33. The predicted octanol–water partition coefficient (Wildman–Crippen LogP) is 5.01. The maximum Gasteiger partial charge on any atom is 0.214 e. The molecule has 8 heteroatoms. The number of hydrogen-bond donors (Lipinski definition) is 2. The summed E-state index contributed by atoms with van der Waals surface area (Å²) in [7, 11) is 3.09. The van der Waals surface area contributed by atoms with Crippen LogP contribution in [0.5, 0.6) is 28.7 Å². The van der Waals surface area contributed by atoms with Crippen LogP contribution in [-0.2, 0) is 0 Å². The third kappa shape index (κ3) is 3.26. The van der Waals surface area contributed by atoms with E-state index in [4.69, 9.17) is 30.9 Å². The number of nitrogens with zero attached hydrogens (tertiary/aromatic N) is 2. The van der Waals surface area contributed by atoms with E-state index in [0.29, 0.717) is 45.5 Å². The van der Waals surface area contributed by atoms with E-state index in [-0.39, 0.29) is 17.5 Å². The molecule has 0 amide bonds. The monoisotopic (exact) mass is 452 g/mol. The number of aromatic hydroxyl groups is 2. The van der Waals surface area contributed by atoms with Gasteiger partial charge in [-0.1, -0.05) is 23.7 Å². The van der Waals surface area contributed by atoms with E-state index in [0.717, 1.165) is 5.56 Å². The summed E-state index contributed by atoms with van der Waals surface area (Å²) in [5.74, 6) is 1.73. The lowest BCUT2D eigenvalue weighted by molar-refractivity contribution is -0.0210. The first-order valence-corrected chi connectivity index (χ1v) is 10.4. The van der Waals surface area contributed by atoms with Crippen LogP contribution in [0, 0.1) is 0 Å². The SMILES string of the molecule is COc1ccc([C@@H]2Oc3c(OC)cccc3[C@@H]3CC(c4cc(Cl)ccc4O)=NN32)cc1O. The third-order valence-corrected chi connectivity index (χ3v) is 5.99. The largest absolute Gasteiger partial charge is 0.507 e. The van der Waals surface area contributed by atoms with Crippen molar-refractivity contribution in [1.82, 2.24) is 5.01 Å². The standard InChI is InChI=1S/C24H21ClN2O5/c1-30-21-9-6-13(10-20(21)29)24-27-18(15-4-3-5-22(31-2)23(15)32-24)12-17(26-27)16-11-14(25)7-8-19(16)28/h3-11,18,24,28-29H,12H2,1-2H3/t18-,24-/m0/s1. The summed E-state index contributed by atoms with van der Waals surface area (Å²) in [4.78, 5) is 0. The highest BCUT2D eigenvalue weighted by Gasteiger charge is 2.42. The van der Waals surface area contributed by atoms with Crippen LogP contribution in [0.1, 0.15) is 35.4 Å². The second kappa shape index (κ2) is 7.84. The summed E-state index contributed by atoms with van der Waals surface area (Å²) in [6.07, 6.45) is -0.0878. The van der Waals surface area contributed by atoms with Gasteiger partial charge < -0.3 is 24.4 Å².